The van der Waals surface area contributed by atoms with Gasteiger partial charge in [0.15, 0.2) is 0 Å². The molecule has 0 fully saturated rings. The molecule has 0 saturated heterocycles. The molecule has 2 heterocycles. The van der Waals surface area contributed by atoms with Gasteiger partial charge in [0.05, 0.1) is 23.3 Å². The van der Waals surface area contributed by atoms with E-state index in [2.05, 4.69) is 28.0 Å². The van der Waals surface area contributed by atoms with Crippen molar-refractivity contribution in [1.29, 1.82) is 0 Å². The summed E-state index contributed by atoms with van der Waals surface area (Å²) in [5.41, 5.74) is 4.85. The van der Waals surface area contributed by atoms with Crippen molar-refractivity contribution in [2.45, 2.75) is 40.8 Å². The van der Waals surface area contributed by atoms with E-state index in [-0.39, 0.29) is 5.91 Å². The first-order valence-electron chi connectivity index (χ1n) is 7.75. The number of nitrogens with one attached hydrogen (secondary N) is 1. The largest absolute Gasteiger partial charge is 0.327 e. The van der Waals surface area contributed by atoms with E-state index in [0.717, 1.165) is 40.5 Å². The fourth-order valence-electron chi connectivity index (χ4n) is 2.90. The molecule has 0 spiro atoms. The third-order valence-corrected chi connectivity index (χ3v) is 3.86. The summed E-state index contributed by atoms with van der Waals surface area (Å²) in [4.78, 5) is 16.0. The quantitative estimate of drug-likeness (QED) is 0.806. The van der Waals surface area contributed by atoms with E-state index >= 15 is 0 Å². The molecular formula is C17H21N5O. The monoisotopic (exact) mass is 311 g/mol. The highest BCUT2D eigenvalue weighted by atomic mass is 16.1. The molecule has 0 aliphatic carbocycles. The lowest BCUT2D eigenvalue weighted by molar-refractivity contribution is -0.114. The van der Waals surface area contributed by atoms with Crippen molar-refractivity contribution in [2.24, 2.45) is 0 Å². The first-order chi connectivity index (χ1) is 11.0. The van der Waals surface area contributed by atoms with Crippen LogP contribution in [0.5, 0.6) is 0 Å². The lowest BCUT2D eigenvalue weighted by Crippen LogP contribution is -2.10. The van der Waals surface area contributed by atoms with Gasteiger partial charge in [0, 0.05) is 24.8 Å². The molecule has 1 N–H and O–H groups in total. The molecule has 3 aromatic rings. The molecule has 0 bridgehead atoms. The Balaban J connectivity index is 2.02. The maximum absolute atomic E-state index is 11.2. The lowest BCUT2D eigenvalue weighted by Gasteiger charge is -2.08. The highest BCUT2D eigenvalue weighted by Gasteiger charge is 2.12. The van der Waals surface area contributed by atoms with Crippen LogP contribution in [-0.4, -0.2) is 25.2 Å². The molecule has 120 valence electrons. The Morgan fingerprint density at radius 3 is 2.65 bits per heavy atom. The summed E-state index contributed by atoms with van der Waals surface area (Å²) in [6.45, 7) is 9.12. The second kappa shape index (κ2) is 5.87. The van der Waals surface area contributed by atoms with Crippen molar-refractivity contribution in [3.8, 4) is 0 Å². The number of carbonyl (C=O) groups is 1. The summed E-state index contributed by atoms with van der Waals surface area (Å²) in [6, 6.07) is 7.88. The second-order valence-corrected chi connectivity index (χ2v) is 5.74. The van der Waals surface area contributed by atoms with E-state index in [1.165, 1.54) is 6.92 Å². The molecule has 6 heteroatoms. The highest BCUT2D eigenvalue weighted by Crippen LogP contribution is 2.21. The minimum Gasteiger partial charge on any atom is -0.327 e. The number of hydrogen-bond donors (Lipinski definition) is 1. The molecule has 6 nitrogen and oxygen atoms in total. The van der Waals surface area contributed by atoms with Gasteiger partial charge in [-0.2, -0.15) is 5.10 Å². The van der Waals surface area contributed by atoms with Crippen LogP contribution < -0.4 is 5.32 Å². The van der Waals surface area contributed by atoms with Crippen molar-refractivity contribution >= 4 is 22.6 Å². The van der Waals surface area contributed by atoms with Gasteiger partial charge >= 0.3 is 0 Å². The zero-order valence-corrected chi connectivity index (χ0v) is 13.9. The molecule has 0 unspecified atom stereocenters. The van der Waals surface area contributed by atoms with Gasteiger partial charge in [-0.15, -0.1) is 0 Å². The number of rotatable bonds is 4. The predicted molar refractivity (Wildman–Crippen MR) is 90.5 cm³/mol. The summed E-state index contributed by atoms with van der Waals surface area (Å²) in [6.07, 6.45) is 0. The van der Waals surface area contributed by atoms with Gasteiger partial charge in [-0.25, -0.2) is 4.98 Å². The molecule has 0 radical (unpaired) electrons. The van der Waals surface area contributed by atoms with E-state index in [1.54, 1.807) is 0 Å². The fraction of sp³-hybridized carbons (Fsp3) is 0.353. The van der Waals surface area contributed by atoms with Crippen LogP contribution in [0.4, 0.5) is 5.69 Å². The third-order valence-electron chi connectivity index (χ3n) is 3.86. The number of carbonyl (C=O) groups excluding carboxylic acids is 1. The van der Waals surface area contributed by atoms with E-state index in [9.17, 15) is 4.79 Å². The van der Waals surface area contributed by atoms with Crippen LogP contribution >= 0.6 is 0 Å². The Hall–Kier alpha value is -2.63. The number of benzene rings is 1. The van der Waals surface area contributed by atoms with Crippen LogP contribution in [0, 0.1) is 13.8 Å². The lowest BCUT2D eigenvalue weighted by atomic mass is 10.2. The smallest absolute Gasteiger partial charge is 0.221 e. The summed E-state index contributed by atoms with van der Waals surface area (Å²) >= 11 is 0. The molecular weight excluding hydrogens is 290 g/mol. The van der Waals surface area contributed by atoms with Crippen LogP contribution in [-0.2, 0) is 17.9 Å². The Morgan fingerprint density at radius 2 is 2.04 bits per heavy atom. The Bertz CT molecular complexity index is 875. The first kappa shape index (κ1) is 15.3. The van der Waals surface area contributed by atoms with E-state index < -0.39 is 0 Å². The summed E-state index contributed by atoms with van der Waals surface area (Å²) < 4.78 is 4.15. The van der Waals surface area contributed by atoms with Crippen molar-refractivity contribution < 1.29 is 4.79 Å². The average Bonchev–Trinajstić information content (AvgIpc) is 2.97. The normalized spacial score (nSPS) is 11.1. The molecule has 0 aliphatic heterocycles. The van der Waals surface area contributed by atoms with Gasteiger partial charge in [0.2, 0.25) is 5.91 Å². The summed E-state index contributed by atoms with van der Waals surface area (Å²) in [5.74, 6) is 0.885. The van der Waals surface area contributed by atoms with Gasteiger partial charge in [0.1, 0.15) is 5.82 Å². The number of anilines is 1. The van der Waals surface area contributed by atoms with Crippen LogP contribution in [0.2, 0.25) is 0 Å². The van der Waals surface area contributed by atoms with Gasteiger partial charge in [0.25, 0.3) is 0 Å². The average molecular weight is 311 g/mol. The maximum atomic E-state index is 11.2. The Labute approximate surface area is 135 Å². The van der Waals surface area contributed by atoms with Crippen LogP contribution in [0.1, 0.15) is 31.1 Å². The van der Waals surface area contributed by atoms with Crippen molar-refractivity contribution in [3.05, 3.63) is 41.5 Å². The number of fused-ring (bicyclic) bond motifs is 1. The van der Waals surface area contributed by atoms with Crippen LogP contribution in [0.15, 0.2) is 24.3 Å². The number of amides is 1. The minimum atomic E-state index is -0.0814. The fourth-order valence-corrected chi connectivity index (χ4v) is 2.90. The zero-order chi connectivity index (χ0) is 16.6. The molecule has 1 amide bonds. The predicted octanol–water partition coefficient (Wildman–Crippen LogP) is 2.88. The zero-order valence-electron chi connectivity index (χ0n) is 13.9. The van der Waals surface area contributed by atoms with Gasteiger partial charge in [-0.3, -0.25) is 9.48 Å². The van der Waals surface area contributed by atoms with Gasteiger partial charge < -0.3 is 9.88 Å². The van der Waals surface area contributed by atoms with Crippen molar-refractivity contribution in [3.63, 3.8) is 0 Å². The highest BCUT2D eigenvalue weighted by molar-refractivity contribution is 5.91. The maximum Gasteiger partial charge on any atom is 0.221 e. The Morgan fingerprint density at radius 1 is 1.26 bits per heavy atom. The number of nitrogens with zero attached hydrogens (tertiary/aromatic N) is 4. The molecule has 0 saturated carbocycles. The van der Waals surface area contributed by atoms with Crippen LogP contribution in [0.25, 0.3) is 11.0 Å². The molecule has 23 heavy (non-hydrogen) atoms. The third kappa shape index (κ3) is 2.97. The van der Waals surface area contributed by atoms with Gasteiger partial charge in [-0.05, 0) is 45.0 Å². The number of aromatic nitrogens is 4. The van der Waals surface area contributed by atoms with Crippen molar-refractivity contribution in [2.75, 3.05) is 5.32 Å². The topological polar surface area (TPSA) is 64.7 Å². The Kier molecular flexibility index (Phi) is 3.90. The van der Waals surface area contributed by atoms with Crippen molar-refractivity contribution in [1.82, 2.24) is 19.3 Å². The molecule has 3 rings (SSSR count). The number of hydrogen-bond acceptors (Lipinski definition) is 3. The summed E-state index contributed by atoms with van der Waals surface area (Å²) in [5, 5.41) is 7.31. The number of aryl methyl sites for hydroxylation is 3. The minimum absolute atomic E-state index is 0.0814. The second-order valence-electron chi connectivity index (χ2n) is 5.74. The summed E-state index contributed by atoms with van der Waals surface area (Å²) in [7, 11) is 0. The first-order valence-corrected chi connectivity index (χ1v) is 7.75. The molecule has 0 atom stereocenters. The van der Waals surface area contributed by atoms with E-state index in [0.29, 0.717) is 6.54 Å². The molecule has 1 aromatic carbocycles. The van der Waals surface area contributed by atoms with E-state index in [4.69, 9.17) is 4.98 Å². The number of imidazole rings is 1. The van der Waals surface area contributed by atoms with E-state index in [1.807, 2.05) is 36.7 Å². The SMILES string of the molecule is CCn1c(Cn2nc(C)cc2C)nc2cc(NC(C)=O)ccc21. The standard InChI is InChI=1S/C17H21N5O/c1-5-21-16-7-6-14(18-13(4)23)9-15(16)19-17(21)10-22-12(3)8-11(2)20-22/h6-9H,5,10H2,1-4H3,(H,18,23). The molecule has 0 aliphatic rings. The van der Waals surface area contributed by atoms with Crippen LogP contribution in [0.3, 0.4) is 0 Å². The molecule has 2 aromatic heterocycles. The van der Waals surface area contributed by atoms with Gasteiger partial charge in [-0.1, -0.05) is 0 Å².